The Kier molecular flexibility index (Phi) is 6.84. The average molecular weight is 368 g/mol. The van der Waals surface area contributed by atoms with E-state index in [1.165, 1.54) is 12.1 Å². The normalized spacial score (nSPS) is 21.2. The Labute approximate surface area is 150 Å². The molecule has 25 heavy (non-hydrogen) atoms. The first-order chi connectivity index (χ1) is 11.8. The summed E-state index contributed by atoms with van der Waals surface area (Å²) in [6.07, 6.45) is 1.31. The van der Waals surface area contributed by atoms with Crippen molar-refractivity contribution >= 4 is 15.9 Å². The molecule has 1 saturated heterocycles. The van der Waals surface area contributed by atoms with E-state index in [4.69, 9.17) is 4.74 Å². The van der Waals surface area contributed by atoms with Crippen LogP contribution in [0, 0.1) is 11.8 Å². The number of nitrogens with one attached hydrogen (secondary N) is 1. The molecule has 1 aromatic carbocycles. The second-order valence-corrected chi connectivity index (χ2v) is 8.56. The molecule has 1 aliphatic rings. The number of piperidine rings is 1. The largest absolute Gasteiger partial charge is 0.494 e. The smallest absolute Gasteiger partial charge is 0.240 e. The zero-order valence-corrected chi connectivity index (χ0v) is 16.0. The predicted molar refractivity (Wildman–Crippen MR) is 96.9 cm³/mol. The second kappa shape index (κ2) is 8.67. The quantitative estimate of drug-likeness (QED) is 0.801. The van der Waals surface area contributed by atoms with Crippen molar-refractivity contribution < 1.29 is 17.9 Å². The van der Waals surface area contributed by atoms with Gasteiger partial charge >= 0.3 is 0 Å². The number of carbonyl (C=O) groups excluding carboxylic acids is 1. The van der Waals surface area contributed by atoms with Crippen molar-refractivity contribution in [3.63, 3.8) is 0 Å². The Bertz CT molecular complexity index is 663. The molecule has 1 amide bonds. The Morgan fingerprint density at radius 1 is 1.20 bits per heavy atom. The van der Waals surface area contributed by atoms with Crippen LogP contribution in [0.15, 0.2) is 29.2 Å². The molecule has 7 heteroatoms. The van der Waals surface area contributed by atoms with Gasteiger partial charge in [0.05, 0.1) is 11.5 Å². The van der Waals surface area contributed by atoms with Gasteiger partial charge in [0.25, 0.3) is 0 Å². The van der Waals surface area contributed by atoms with Crippen molar-refractivity contribution in [2.24, 2.45) is 11.8 Å². The molecule has 1 heterocycles. The third kappa shape index (κ3) is 5.71. The minimum Gasteiger partial charge on any atom is -0.494 e. The van der Waals surface area contributed by atoms with E-state index in [2.05, 4.69) is 18.6 Å². The Morgan fingerprint density at radius 3 is 2.36 bits per heavy atom. The highest BCUT2D eigenvalue weighted by Crippen LogP contribution is 2.21. The lowest BCUT2D eigenvalue weighted by atomic mass is 9.92. The van der Waals surface area contributed by atoms with Crippen LogP contribution >= 0.6 is 0 Å². The summed E-state index contributed by atoms with van der Waals surface area (Å²) in [7, 11) is -3.62. The molecule has 0 bridgehead atoms. The number of carbonyl (C=O) groups is 1. The summed E-state index contributed by atoms with van der Waals surface area (Å²) in [5.74, 6) is 1.62. The maximum Gasteiger partial charge on any atom is 0.240 e. The number of benzene rings is 1. The molecule has 0 aromatic heterocycles. The zero-order valence-electron chi connectivity index (χ0n) is 15.2. The summed E-state index contributed by atoms with van der Waals surface area (Å²) in [6, 6.07) is 6.26. The monoisotopic (exact) mass is 368 g/mol. The van der Waals surface area contributed by atoms with Gasteiger partial charge in [-0.15, -0.1) is 0 Å². The third-order valence-electron chi connectivity index (χ3n) is 4.30. The summed E-state index contributed by atoms with van der Waals surface area (Å²) < 4.78 is 32.4. The molecule has 0 saturated carbocycles. The first kappa shape index (κ1) is 19.7. The van der Waals surface area contributed by atoms with Crippen molar-refractivity contribution in [3.8, 4) is 5.75 Å². The number of sulfonamides is 1. The Balaban J connectivity index is 1.86. The summed E-state index contributed by atoms with van der Waals surface area (Å²) in [4.78, 5) is 14.3. The van der Waals surface area contributed by atoms with Gasteiger partial charge in [-0.25, -0.2) is 13.1 Å². The van der Waals surface area contributed by atoms with Crippen LogP contribution in [0.5, 0.6) is 5.75 Å². The number of hydrogen-bond donors (Lipinski definition) is 1. The van der Waals surface area contributed by atoms with Crippen LogP contribution in [0.3, 0.4) is 0 Å². The second-order valence-electron chi connectivity index (χ2n) is 6.80. The topological polar surface area (TPSA) is 75.7 Å². The van der Waals surface area contributed by atoms with Gasteiger partial charge in [0.15, 0.2) is 0 Å². The molecule has 1 aromatic rings. The van der Waals surface area contributed by atoms with E-state index >= 15 is 0 Å². The highest BCUT2D eigenvalue weighted by atomic mass is 32.2. The van der Waals surface area contributed by atoms with E-state index in [0.29, 0.717) is 24.2 Å². The van der Waals surface area contributed by atoms with Gasteiger partial charge in [0.1, 0.15) is 5.75 Å². The number of hydrogen-bond acceptors (Lipinski definition) is 4. The molecule has 140 valence electrons. The number of nitrogens with zero attached hydrogens (tertiary/aromatic N) is 1. The van der Waals surface area contributed by atoms with Crippen molar-refractivity contribution in [1.82, 2.24) is 9.62 Å². The van der Waals surface area contributed by atoms with Crippen LogP contribution < -0.4 is 9.46 Å². The molecule has 2 atom stereocenters. The van der Waals surface area contributed by atoms with E-state index in [0.717, 1.165) is 19.5 Å². The lowest BCUT2D eigenvalue weighted by Crippen LogP contribution is -2.43. The van der Waals surface area contributed by atoms with E-state index in [1.807, 2.05) is 11.8 Å². The molecule has 6 nitrogen and oxygen atoms in total. The van der Waals surface area contributed by atoms with Gasteiger partial charge in [-0.2, -0.15) is 0 Å². The number of rotatable bonds is 7. The van der Waals surface area contributed by atoms with Crippen LogP contribution in [0.4, 0.5) is 0 Å². The van der Waals surface area contributed by atoms with Crippen molar-refractivity contribution in [2.45, 2.75) is 38.5 Å². The molecule has 2 rings (SSSR count). The summed E-state index contributed by atoms with van der Waals surface area (Å²) in [5, 5.41) is 0. The standard InChI is InChI=1S/C18H28N2O4S/c1-4-24-16-5-7-17(8-6-16)25(22,23)19-10-9-18(21)20-12-14(2)11-15(3)13-20/h5-8,14-15,19H,4,9-13H2,1-3H3/t14-,15+. The minimum atomic E-state index is -3.62. The highest BCUT2D eigenvalue weighted by molar-refractivity contribution is 7.89. The molecular formula is C18H28N2O4S. The van der Waals surface area contributed by atoms with Crippen LogP contribution in [-0.4, -0.2) is 45.5 Å². The molecule has 0 aliphatic carbocycles. The van der Waals surface area contributed by atoms with Gasteiger partial charge in [0, 0.05) is 26.1 Å². The van der Waals surface area contributed by atoms with E-state index in [-0.39, 0.29) is 23.8 Å². The SMILES string of the molecule is CCOc1ccc(S(=O)(=O)NCCC(=O)N2C[C@H](C)C[C@H](C)C2)cc1. The fraction of sp³-hybridized carbons (Fsp3) is 0.611. The van der Waals surface area contributed by atoms with Crippen LogP contribution in [0.1, 0.15) is 33.6 Å². The van der Waals surface area contributed by atoms with Crippen molar-refractivity contribution in [3.05, 3.63) is 24.3 Å². The van der Waals surface area contributed by atoms with Crippen LogP contribution in [-0.2, 0) is 14.8 Å². The minimum absolute atomic E-state index is 0.00722. The van der Waals surface area contributed by atoms with Crippen LogP contribution in [0.25, 0.3) is 0 Å². The predicted octanol–water partition coefficient (Wildman–Crippen LogP) is 2.26. The molecule has 1 N–H and O–H groups in total. The van der Waals surface area contributed by atoms with Crippen molar-refractivity contribution in [1.29, 1.82) is 0 Å². The van der Waals surface area contributed by atoms with E-state index in [1.54, 1.807) is 12.1 Å². The summed E-state index contributed by atoms with van der Waals surface area (Å²) in [6.45, 7) is 8.31. The lowest BCUT2D eigenvalue weighted by Gasteiger charge is -2.35. The number of ether oxygens (including phenoxy) is 1. The maximum atomic E-state index is 12.3. The fourth-order valence-corrected chi connectivity index (χ4v) is 4.31. The summed E-state index contributed by atoms with van der Waals surface area (Å²) in [5.41, 5.74) is 0. The van der Waals surface area contributed by atoms with Crippen LogP contribution in [0.2, 0.25) is 0 Å². The molecule has 0 unspecified atom stereocenters. The molecule has 1 fully saturated rings. The van der Waals surface area contributed by atoms with Gasteiger partial charge in [-0.3, -0.25) is 4.79 Å². The van der Waals surface area contributed by atoms with Gasteiger partial charge in [0.2, 0.25) is 15.9 Å². The number of amides is 1. The highest BCUT2D eigenvalue weighted by Gasteiger charge is 2.25. The maximum absolute atomic E-state index is 12.3. The number of likely N-dealkylation sites (tertiary alicyclic amines) is 1. The van der Waals surface area contributed by atoms with E-state index in [9.17, 15) is 13.2 Å². The van der Waals surface area contributed by atoms with Gasteiger partial charge < -0.3 is 9.64 Å². The Morgan fingerprint density at radius 2 is 1.80 bits per heavy atom. The molecule has 0 radical (unpaired) electrons. The van der Waals surface area contributed by atoms with Gasteiger partial charge in [-0.1, -0.05) is 13.8 Å². The van der Waals surface area contributed by atoms with Gasteiger partial charge in [-0.05, 0) is 49.4 Å². The summed E-state index contributed by atoms with van der Waals surface area (Å²) >= 11 is 0. The first-order valence-corrected chi connectivity index (χ1v) is 10.3. The molecule has 0 spiro atoms. The zero-order chi connectivity index (χ0) is 18.4. The molecule has 1 aliphatic heterocycles. The lowest BCUT2D eigenvalue weighted by molar-refractivity contribution is -0.133. The van der Waals surface area contributed by atoms with Crippen molar-refractivity contribution in [2.75, 3.05) is 26.2 Å². The first-order valence-electron chi connectivity index (χ1n) is 8.82. The Hall–Kier alpha value is -1.60. The van der Waals surface area contributed by atoms with E-state index < -0.39 is 10.0 Å². The fourth-order valence-electron chi connectivity index (χ4n) is 3.28. The average Bonchev–Trinajstić information content (AvgIpc) is 2.54. The third-order valence-corrected chi connectivity index (χ3v) is 5.77. The molecular weight excluding hydrogens is 340 g/mol.